The van der Waals surface area contributed by atoms with Crippen LogP contribution in [0.3, 0.4) is 0 Å². The number of aryl methyl sites for hydroxylation is 1. The summed E-state index contributed by atoms with van der Waals surface area (Å²) in [6, 6.07) is 3.95. The van der Waals surface area contributed by atoms with Gasteiger partial charge in [0.05, 0.1) is 5.69 Å². The van der Waals surface area contributed by atoms with Crippen LogP contribution in [0, 0.1) is 0 Å². The van der Waals surface area contributed by atoms with Crippen LogP contribution in [0.4, 0.5) is 0 Å². The Kier molecular flexibility index (Phi) is 2.78. The standard InChI is InChI=1S/C11H14N4/c1-12-7-10-8-15(2)14-11(10)9-3-5-13-6-4-9/h3-6,8,12H,7H2,1-2H3. The Hall–Kier alpha value is -1.68. The van der Waals surface area contributed by atoms with Gasteiger partial charge < -0.3 is 5.32 Å². The summed E-state index contributed by atoms with van der Waals surface area (Å²) in [5, 5.41) is 7.59. The monoisotopic (exact) mass is 202 g/mol. The molecular weight excluding hydrogens is 188 g/mol. The summed E-state index contributed by atoms with van der Waals surface area (Å²) in [6.07, 6.45) is 5.60. The summed E-state index contributed by atoms with van der Waals surface area (Å²) < 4.78 is 1.84. The van der Waals surface area contributed by atoms with E-state index in [1.165, 1.54) is 5.56 Å². The lowest BCUT2D eigenvalue weighted by Crippen LogP contribution is -2.05. The summed E-state index contributed by atoms with van der Waals surface area (Å²) in [6.45, 7) is 0.825. The maximum atomic E-state index is 4.45. The number of aromatic nitrogens is 3. The second-order valence-electron chi connectivity index (χ2n) is 3.44. The van der Waals surface area contributed by atoms with Gasteiger partial charge in [-0.2, -0.15) is 5.10 Å². The molecule has 78 valence electrons. The number of hydrogen-bond acceptors (Lipinski definition) is 3. The fraction of sp³-hybridized carbons (Fsp3) is 0.273. The van der Waals surface area contributed by atoms with Crippen molar-refractivity contribution in [2.45, 2.75) is 6.54 Å². The first-order valence-corrected chi connectivity index (χ1v) is 4.89. The van der Waals surface area contributed by atoms with Gasteiger partial charge in [-0.1, -0.05) is 0 Å². The highest BCUT2D eigenvalue weighted by molar-refractivity contribution is 5.61. The van der Waals surface area contributed by atoms with Crippen LogP contribution in [0.2, 0.25) is 0 Å². The second kappa shape index (κ2) is 4.23. The molecule has 0 saturated carbocycles. The number of hydrogen-bond donors (Lipinski definition) is 1. The zero-order valence-electron chi connectivity index (χ0n) is 8.94. The van der Waals surface area contributed by atoms with E-state index >= 15 is 0 Å². The van der Waals surface area contributed by atoms with Crippen LogP contribution in [0.25, 0.3) is 11.3 Å². The zero-order valence-corrected chi connectivity index (χ0v) is 8.94. The molecule has 0 aliphatic carbocycles. The normalized spacial score (nSPS) is 10.5. The summed E-state index contributed by atoms with van der Waals surface area (Å²) in [5.41, 5.74) is 3.33. The largest absolute Gasteiger partial charge is 0.316 e. The molecule has 0 atom stereocenters. The van der Waals surface area contributed by atoms with Crippen LogP contribution < -0.4 is 5.32 Å². The molecule has 0 unspecified atom stereocenters. The number of pyridine rings is 1. The van der Waals surface area contributed by atoms with Gasteiger partial charge in [-0.3, -0.25) is 9.67 Å². The van der Waals surface area contributed by atoms with Crippen molar-refractivity contribution in [1.29, 1.82) is 0 Å². The summed E-state index contributed by atoms with van der Waals surface area (Å²) in [5.74, 6) is 0. The summed E-state index contributed by atoms with van der Waals surface area (Å²) >= 11 is 0. The van der Waals surface area contributed by atoms with E-state index in [4.69, 9.17) is 0 Å². The van der Waals surface area contributed by atoms with Crippen molar-refractivity contribution in [3.05, 3.63) is 36.3 Å². The van der Waals surface area contributed by atoms with Crippen LogP contribution >= 0.6 is 0 Å². The average Bonchev–Trinajstić information content (AvgIpc) is 2.62. The van der Waals surface area contributed by atoms with Crippen molar-refractivity contribution in [3.63, 3.8) is 0 Å². The highest BCUT2D eigenvalue weighted by Gasteiger charge is 2.08. The Morgan fingerprint density at radius 3 is 2.73 bits per heavy atom. The molecule has 0 amide bonds. The Bertz CT molecular complexity index is 433. The third-order valence-electron chi connectivity index (χ3n) is 2.23. The Morgan fingerprint density at radius 2 is 2.07 bits per heavy atom. The smallest absolute Gasteiger partial charge is 0.0969 e. The molecule has 0 bridgehead atoms. The Morgan fingerprint density at radius 1 is 1.33 bits per heavy atom. The Balaban J connectivity index is 2.43. The number of nitrogens with one attached hydrogen (secondary N) is 1. The zero-order chi connectivity index (χ0) is 10.7. The molecule has 0 aromatic carbocycles. The fourth-order valence-electron chi connectivity index (χ4n) is 1.61. The van der Waals surface area contributed by atoms with Gasteiger partial charge in [-0.25, -0.2) is 0 Å². The van der Waals surface area contributed by atoms with Gasteiger partial charge >= 0.3 is 0 Å². The predicted molar refractivity (Wildman–Crippen MR) is 59.2 cm³/mol. The molecule has 0 spiro atoms. The molecule has 0 fully saturated rings. The van der Waals surface area contributed by atoms with E-state index in [0.29, 0.717) is 0 Å². The minimum atomic E-state index is 0.825. The van der Waals surface area contributed by atoms with Crippen LogP contribution in [0.5, 0.6) is 0 Å². The maximum absolute atomic E-state index is 4.45. The van der Waals surface area contributed by atoms with E-state index in [9.17, 15) is 0 Å². The van der Waals surface area contributed by atoms with Crippen molar-refractivity contribution < 1.29 is 0 Å². The van der Waals surface area contributed by atoms with Gasteiger partial charge in [-0.05, 0) is 19.2 Å². The fourth-order valence-corrected chi connectivity index (χ4v) is 1.61. The van der Waals surface area contributed by atoms with Crippen LogP contribution in [0.15, 0.2) is 30.7 Å². The molecule has 2 aromatic rings. The maximum Gasteiger partial charge on any atom is 0.0969 e. The van der Waals surface area contributed by atoms with Gasteiger partial charge in [0.15, 0.2) is 0 Å². The van der Waals surface area contributed by atoms with Crippen molar-refractivity contribution >= 4 is 0 Å². The molecule has 4 heteroatoms. The molecule has 2 heterocycles. The van der Waals surface area contributed by atoms with Gasteiger partial charge in [-0.15, -0.1) is 0 Å². The molecule has 0 saturated heterocycles. The molecule has 15 heavy (non-hydrogen) atoms. The first kappa shape index (κ1) is 9.86. The van der Waals surface area contributed by atoms with Gasteiger partial charge in [0.25, 0.3) is 0 Å². The molecule has 0 aliphatic rings. The summed E-state index contributed by atoms with van der Waals surface area (Å²) in [4.78, 5) is 4.00. The van der Waals surface area contributed by atoms with E-state index < -0.39 is 0 Å². The quantitative estimate of drug-likeness (QED) is 0.813. The van der Waals surface area contributed by atoms with Gasteiger partial charge in [0, 0.05) is 43.3 Å². The minimum absolute atomic E-state index is 0.825. The minimum Gasteiger partial charge on any atom is -0.316 e. The van der Waals surface area contributed by atoms with Gasteiger partial charge in [0.2, 0.25) is 0 Å². The van der Waals surface area contributed by atoms with Crippen LogP contribution in [0.1, 0.15) is 5.56 Å². The van der Waals surface area contributed by atoms with E-state index in [0.717, 1.165) is 17.8 Å². The first-order valence-electron chi connectivity index (χ1n) is 4.89. The molecule has 4 nitrogen and oxygen atoms in total. The molecule has 1 N–H and O–H groups in total. The Labute approximate surface area is 89.0 Å². The lowest BCUT2D eigenvalue weighted by Gasteiger charge is -2.00. The third-order valence-corrected chi connectivity index (χ3v) is 2.23. The molecular formula is C11H14N4. The van der Waals surface area contributed by atoms with Crippen LogP contribution in [-0.2, 0) is 13.6 Å². The molecule has 2 aromatic heterocycles. The first-order chi connectivity index (χ1) is 7.31. The lowest BCUT2D eigenvalue weighted by atomic mass is 10.1. The van der Waals surface area contributed by atoms with E-state index in [-0.39, 0.29) is 0 Å². The average molecular weight is 202 g/mol. The highest BCUT2D eigenvalue weighted by atomic mass is 15.3. The molecule has 2 rings (SSSR count). The molecule has 0 radical (unpaired) electrons. The lowest BCUT2D eigenvalue weighted by molar-refractivity contribution is 0.765. The van der Waals surface area contributed by atoms with Crippen molar-refractivity contribution in [2.24, 2.45) is 7.05 Å². The highest BCUT2D eigenvalue weighted by Crippen LogP contribution is 2.20. The molecule has 0 aliphatic heterocycles. The van der Waals surface area contributed by atoms with E-state index in [2.05, 4.69) is 15.4 Å². The van der Waals surface area contributed by atoms with Crippen molar-refractivity contribution in [2.75, 3.05) is 7.05 Å². The van der Waals surface area contributed by atoms with Gasteiger partial charge in [0.1, 0.15) is 0 Å². The number of nitrogens with zero attached hydrogens (tertiary/aromatic N) is 3. The summed E-state index contributed by atoms with van der Waals surface area (Å²) in [7, 11) is 3.87. The van der Waals surface area contributed by atoms with Crippen molar-refractivity contribution in [1.82, 2.24) is 20.1 Å². The van der Waals surface area contributed by atoms with E-state index in [1.54, 1.807) is 12.4 Å². The topological polar surface area (TPSA) is 42.7 Å². The third kappa shape index (κ3) is 2.05. The van der Waals surface area contributed by atoms with Crippen LogP contribution in [-0.4, -0.2) is 21.8 Å². The second-order valence-corrected chi connectivity index (χ2v) is 3.44. The van der Waals surface area contributed by atoms with Crippen molar-refractivity contribution in [3.8, 4) is 11.3 Å². The predicted octanol–water partition coefficient (Wildman–Crippen LogP) is 1.20. The number of rotatable bonds is 3. The SMILES string of the molecule is CNCc1cn(C)nc1-c1ccncc1. The van der Waals surface area contributed by atoms with E-state index in [1.807, 2.05) is 37.1 Å².